The molecule has 0 amide bonds. The molecule has 4 heteroatoms. The molecule has 1 aromatic rings. The van der Waals surface area contributed by atoms with Crippen LogP contribution in [0.3, 0.4) is 0 Å². The largest absolute Gasteiger partial charge is 0.383 e. The normalized spacial score (nSPS) is 21.1. The summed E-state index contributed by atoms with van der Waals surface area (Å²) in [6.45, 7) is 1.01. The second-order valence-electron chi connectivity index (χ2n) is 3.37. The van der Waals surface area contributed by atoms with Gasteiger partial charge in [-0.15, -0.1) is 0 Å². The first-order chi connectivity index (χ1) is 6.86. The van der Waals surface area contributed by atoms with Crippen molar-refractivity contribution in [3.63, 3.8) is 0 Å². The third-order valence-corrected chi connectivity index (χ3v) is 4.02. The molecule has 1 aliphatic rings. The van der Waals surface area contributed by atoms with Crippen LogP contribution in [0.1, 0.15) is 12.8 Å². The molecule has 1 unspecified atom stereocenters. The van der Waals surface area contributed by atoms with Crippen molar-refractivity contribution in [1.82, 2.24) is 4.98 Å². The molecule has 2 rings (SSSR count). The van der Waals surface area contributed by atoms with Gasteiger partial charge in [0, 0.05) is 24.2 Å². The summed E-state index contributed by atoms with van der Waals surface area (Å²) in [7, 11) is 0. The average Bonchev–Trinajstić information content (AvgIpc) is 2.69. The lowest BCUT2D eigenvalue weighted by Crippen LogP contribution is -2.13. The van der Waals surface area contributed by atoms with Crippen LogP contribution < -0.4 is 5.32 Å². The second kappa shape index (κ2) is 4.89. The Labute approximate surface area is 93.4 Å². The lowest BCUT2D eigenvalue weighted by atomic mass is 10.2. The van der Waals surface area contributed by atoms with Crippen molar-refractivity contribution < 1.29 is 0 Å². The van der Waals surface area contributed by atoms with Crippen LogP contribution >= 0.6 is 23.4 Å². The van der Waals surface area contributed by atoms with E-state index in [4.69, 9.17) is 11.6 Å². The third kappa shape index (κ3) is 2.55. The van der Waals surface area contributed by atoms with Crippen LogP contribution in [0, 0.1) is 0 Å². The summed E-state index contributed by atoms with van der Waals surface area (Å²) < 4.78 is 0. The number of thioether (sulfide) groups is 1. The molecule has 2 heterocycles. The molecule has 0 aliphatic carbocycles. The maximum absolute atomic E-state index is 5.98. The Bertz CT molecular complexity index is 300. The number of hydrogen-bond donors (Lipinski definition) is 1. The quantitative estimate of drug-likeness (QED) is 0.861. The van der Waals surface area contributed by atoms with Crippen molar-refractivity contribution in [2.75, 3.05) is 17.6 Å². The van der Waals surface area contributed by atoms with Gasteiger partial charge in [-0.05, 0) is 24.7 Å². The number of rotatable bonds is 3. The van der Waals surface area contributed by atoms with E-state index < -0.39 is 0 Å². The van der Waals surface area contributed by atoms with E-state index in [1.54, 1.807) is 12.4 Å². The zero-order chi connectivity index (χ0) is 9.80. The van der Waals surface area contributed by atoms with Gasteiger partial charge in [0.15, 0.2) is 0 Å². The van der Waals surface area contributed by atoms with Crippen molar-refractivity contribution in [3.05, 3.63) is 23.5 Å². The molecule has 0 saturated carbocycles. The van der Waals surface area contributed by atoms with E-state index in [0.717, 1.165) is 17.5 Å². The van der Waals surface area contributed by atoms with Crippen molar-refractivity contribution in [1.29, 1.82) is 0 Å². The highest BCUT2D eigenvalue weighted by Crippen LogP contribution is 2.27. The summed E-state index contributed by atoms with van der Waals surface area (Å²) in [5.41, 5.74) is 0.995. The summed E-state index contributed by atoms with van der Waals surface area (Å²) >= 11 is 8.02. The number of nitrogens with zero attached hydrogens (tertiary/aromatic N) is 1. The van der Waals surface area contributed by atoms with Crippen molar-refractivity contribution in [2.24, 2.45) is 0 Å². The molecule has 0 bridgehead atoms. The maximum Gasteiger partial charge on any atom is 0.0820 e. The van der Waals surface area contributed by atoms with E-state index in [1.165, 1.54) is 18.6 Å². The SMILES string of the molecule is Clc1cnccc1NCC1CCCS1. The molecule has 1 aliphatic heterocycles. The standard InChI is InChI=1S/C10H13ClN2S/c11-9-7-12-4-3-10(9)13-6-8-2-1-5-14-8/h3-4,7-8H,1-2,5-6H2,(H,12,13). The smallest absolute Gasteiger partial charge is 0.0820 e. The summed E-state index contributed by atoms with van der Waals surface area (Å²) in [6, 6.07) is 1.92. The maximum atomic E-state index is 5.98. The van der Waals surface area contributed by atoms with Gasteiger partial charge in [0.05, 0.1) is 10.7 Å². The molecule has 2 nitrogen and oxygen atoms in total. The van der Waals surface area contributed by atoms with Crippen molar-refractivity contribution in [2.45, 2.75) is 18.1 Å². The van der Waals surface area contributed by atoms with E-state index in [0.29, 0.717) is 5.02 Å². The molecule has 1 aromatic heterocycles. The first-order valence-corrected chi connectivity index (χ1v) is 6.24. The molecular formula is C10H13ClN2S. The zero-order valence-electron chi connectivity index (χ0n) is 7.87. The first-order valence-electron chi connectivity index (χ1n) is 4.81. The lowest BCUT2D eigenvalue weighted by Gasteiger charge is -2.11. The number of anilines is 1. The third-order valence-electron chi connectivity index (χ3n) is 2.32. The van der Waals surface area contributed by atoms with Crippen LogP contribution in [-0.2, 0) is 0 Å². The Morgan fingerprint density at radius 3 is 3.29 bits per heavy atom. The topological polar surface area (TPSA) is 24.9 Å². The minimum absolute atomic E-state index is 0.704. The van der Waals surface area contributed by atoms with Crippen molar-refractivity contribution in [3.8, 4) is 0 Å². The van der Waals surface area contributed by atoms with E-state index in [2.05, 4.69) is 10.3 Å². The van der Waals surface area contributed by atoms with Gasteiger partial charge in [0.25, 0.3) is 0 Å². The Hall–Kier alpha value is -0.410. The molecular weight excluding hydrogens is 216 g/mol. The van der Waals surface area contributed by atoms with Gasteiger partial charge in [-0.25, -0.2) is 0 Å². The molecule has 0 radical (unpaired) electrons. The number of nitrogens with one attached hydrogen (secondary N) is 1. The van der Waals surface area contributed by atoms with Gasteiger partial charge < -0.3 is 5.32 Å². The van der Waals surface area contributed by atoms with E-state index >= 15 is 0 Å². The Balaban J connectivity index is 1.88. The molecule has 1 saturated heterocycles. The predicted molar refractivity (Wildman–Crippen MR) is 63.2 cm³/mol. The molecule has 0 aromatic carbocycles. The first kappa shape index (κ1) is 10.1. The number of halogens is 1. The molecule has 14 heavy (non-hydrogen) atoms. The summed E-state index contributed by atoms with van der Waals surface area (Å²) in [6.07, 6.45) is 6.10. The highest BCUT2D eigenvalue weighted by Gasteiger charge is 2.15. The monoisotopic (exact) mass is 228 g/mol. The van der Waals surface area contributed by atoms with Crippen LogP contribution in [0.5, 0.6) is 0 Å². The van der Waals surface area contributed by atoms with Crippen LogP contribution in [0.4, 0.5) is 5.69 Å². The van der Waals surface area contributed by atoms with Gasteiger partial charge in [0.1, 0.15) is 0 Å². The Morgan fingerprint density at radius 1 is 1.64 bits per heavy atom. The molecule has 0 spiro atoms. The molecule has 76 valence electrons. The molecule has 1 fully saturated rings. The fourth-order valence-electron chi connectivity index (χ4n) is 1.55. The lowest BCUT2D eigenvalue weighted by molar-refractivity contribution is 0.805. The Morgan fingerprint density at radius 2 is 2.57 bits per heavy atom. The highest BCUT2D eigenvalue weighted by atomic mass is 35.5. The number of pyridine rings is 1. The molecule has 1 N–H and O–H groups in total. The van der Waals surface area contributed by atoms with Crippen LogP contribution in [-0.4, -0.2) is 22.5 Å². The average molecular weight is 229 g/mol. The predicted octanol–water partition coefficient (Wildman–Crippen LogP) is 3.04. The van der Waals surface area contributed by atoms with Gasteiger partial charge >= 0.3 is 0 Å². The summed E-state index contributed by atoms with van der Waals surface area (Å²) in [5.74, 6) is 1.30. The zero-order valence-corrected chi connectivity index (χ0v) is 9.44. The van der Waals surface area contributed by atoms with Crippen LogP contribution in [0.15, 0.2) is 18.5 Å². The Kier molecular flexibility index (Phi) is 3.54. The fraction of sp³-hybridized carbons (Fsp3) is 0.500. The van der Waals surface area contributed by atoms with Crippen LogP contribution in [0.2, 0.25) is 5.02 Å². The van der Waals surface area contributed by atoms with Crippen molar-refractivity contribution >= 4 is 29.1 Å². The van der Waals surface area contributed by atoms with E-state index in [9.17, 15) is 0 Å². The van der Waals surface area contributed by atoms with E-state index in [-0.39, 0.29) is 0 Å². The van der Waals surface area contributed by atoms with Gasteiger partial charge in [-0.3, -0.25) is 4.98 Å². The number of hydrogen-bond acceptors (Lipinski definition) is 3. The van der Waals surface area contributed by atoms with E-state index in [1.807, 2.05) is 17.8 Å². The summed E-state index contributed by atoms with van der Waals surface area (Å²) in [5, 5.41) is 4.82. The van der Waals surface area contributed by atoms with Crippen LogP contribution in [0.25, 0.3) is 0 Å². The molecule has 1 atom stereocenters. The second-order valence-corrected chi connectivity index (χ2v) is 5.19. The minimum Gasteiger partial charge on any atom is -0.383 e. The highest BCUT2D eigenvalue weighted by molar-refractivity contribution is 8.00. The van der Waals surface area contributed by atoms with Gasteiger partial charge in [0.2, 0.25) is 0 Å². The fourth-order valence-corrected chi connectivity index (χ4v) is 2.94. The minimum atomic E-state index is 0.704. The van der Waals surface area contributed by atoms with Gasteiger partial charge in [-0.2, -0.15) is 11.8 Å². The summed E-state index contributed by atoms with van der Waals surface area (Å²) in [4.78, 5) is 3.95. The van der Waals surface area contributed by atoms with Gasteiger partial charge in [-0.1, -0.05) is 11.6 Å². The number of aromatic nitrogens is 1.